The van der Waals surface area contributed by atoms with Crippen LogP contribution >= 0.6 is 0 Å². The Morgan fingerprint density at radius 3 is 2.00 bits per heavy atom. The molecule has 10 heteroatoms. The first-order chi connectivity index (χ1) is 14.4. The zero-order chi connectivity index (χ0) is 22.4. The Bertz CT molecular complexity index is 699. The molecule has 0 spiro atoms. The lowest BCUT2D eigenvalue weighted by Gasteiger charge is -2.23. The number of amides is 2. The summed E-state index contributed by atoms with van der Waals surface area (Å²) < 4.78 is 19.4. The SMILES string of the molecule is COCC(=O)OCCN(CCOC(=O)COC)C(=O)c1cccc(CNC(C)=O)c1. The van der Waals surface area contributed by atoms with Crippen molar-refractivity contribution in [3.8, 4) is 0 Å². The van der Waals surface area contributed by atoms with Crippen molar-refractivity contribution in [2.24, 2.45) is 0 Å². The van der Waals surface area contributed by atoms with E-state index in [1.165, 1.54) is 26.0 Å². The number of ether oxygens (including phenoxy) is 4. The number of methoxy groups -OCH3 is 2. The molecule has 0 aliphatic rings. The van der Waals surface area contributed by atoms with E-state index in [1.807, 2.05) is 0 Å². The molecule has 1 N–H and O–H groups in total. The third-order valence-electron chi connectivity index (χ3n) is 3.78. The standard InChI is InChI=1S/C20H28N2O8/c1-15(23)21-12-16-5-4-6-17(11-16)20(26)22(7-9-29-18(24)13-27-2)8-10-30-19(25)14-28-3/h4-6,11H,7-10,12-14H2,1-3H3,(H,21,23). The highest BCUT2D eigenvalue weighted by Gasteiger charge is 2.17. The molecule has 0 aromatic heterocycles. The minimum Gasteiger partial charge on any atom is -0.462 e. The Hall–Kier alpha value is -2.98. The van der Waals surface area contributed by atoms with Gasteiger partial charge in [-0.1, -0.05) is 12.1 Å². The molecule has 0 fully saturated rings. The summed E-state index contributed by atoms with van der Waals surface area (Å²) >= 11 is 0. The second kappa shape index (κ2) is 14.1. The lowest BCUT2D eigenvalue weighted by molar-refractivity contribution is -0.148. The first kappa shape index (κ1) is 25.1. The van der Waals surface area contributed by atoms with E-state index in [9.17, 15) is 19.2 Å². The van der Waals surface area contributed by atoms with Crippen molar-refractivity contribution in [1.29, 1.82) is 0 Å². The smallest absolute Gasteiger partial charge is 0.332 e. The number of rotatable bonds is 13. The summed E-state index contributed by atoms with van der Waals surface area (Å²) in [5.41, 5.74) is 1.15. The van der Waals surface area contributed by atoms with Gasteiger partial charge in [-0.15, -0.1) is 0 Å². The lowest BCUT2D eigenvalue weighted by atomic mass is 10.1. The van der Waals surface area contributed by atoms with Crippen LogP contribution in [0.3, 0.4) is 0 Å². The van der Waals surface area contributed by atoms with Gasteiger partial charge in [-0.3, -0.25) is 9.59 Å². The summed E-state index contributed by atoms with van der Waals surface area (Å²) in [5.74, 6) is -1.60. The fraction of sp³-hybridized carbons (Fsp3) is 0.500. The predicted molar refractivity (Wildman–Crippen MR) is 106 cm³/mol. The molecule has 1 rings (SSSR count). The molecule has 0 radical (unpaired) electrons. The zero-order valence-corrected chi connectivity index (χ0v) is 17.5. The van der Waals surface area contributed by atoms with Crippen LogP contribution in [0.25, 0.3) is 0 Å². The maximum absolute atomic E-state index is 12.9. The zero-order valence-electron chi connectivity index (χ0n) is 17.5. The van der Waals surface area contributed by atoms with E-state index in [1.54, 1.807) is 24.3 Å². The highest BCUT2D eigenvalue weighted by Crippen LogP contribution is 2.09. The Kier molecular flexibility index (Phi) is 11.8. The van der Waals surface area contributed by atoms with E-state index in [0.29, 0.717) is 12.1 Å². The normalized spacial score (nSPS) is 10.2. The number of benzene rings is 1. The Morgan fingerprint density at radius 2 is 1.50 bits per heavy atom. The van der Waals surface area contributed by atoms with Crippen molar-refractivity contribution in [2.45, 2.75) is 13.5 Å². The molecule has 0 aliphatic carbocycles. The van der Waals surface area contributed by atoms with Gasteiger partial charge in [-0.25, -0.2) is 9.59 Å². The van der Waals surface area contributed by atoms with Crippen molar-refractivity contribution in [3.63, 3.8) is 0 Å². The minimum atomic E-state index is -0.547. The summed E-state index contributed by atoms with van der Waals surface area (Å²) in [4.78, 5) is 48.3. The predicted octanol–water partition coefficient (Wildman–Crippen LogP) is 0.144. The van der Waals surface area contributed by atoms with Crippen LogP contribution in [0, 0.1) is 0 Å². The number of nitrogens with zero attached hydrogens (tertiary/aromatic N) is 1. The van der Waals surface area contributed by atoms with Crippen LogP contribution in [0.15, 0.2) is 24.3 Å². The summed E-state index contributed by atoms with van der Waals surface area (Å²) in [6.45, 7) is 1.46. The number of hydrogen-bond acceptors (Lipinski definition) is 8. The Morgan fingerprint density at radius 1 is 0.933 bits per heavy atom. The molecule has 2 amide bonds. The third kappa shape index (κ3) is 9.99. The van der Waals surface area contributed by atoms with E-state index in [-0.39, 0.29) is 51.3 Å². The number of nitrogens with one attached hydrogen (secondary N) is 1. The highest BCUT2D eigenvalue weighted by atomic mass is 16.6. The topological polar surface area (TPSA) is 120 Å². The molecule has 0 saturated carbocycles. The average Bonchev–Trinajstić information content (AvgIpc) is 2.71. The van der Waals surface area contributed by atoms with E-state index >= 15 is 0 Å². The molecule has 0 atom stereocenters. The van der Waals surface area contributed by atoms with Gasteiger partial charge in [0.05, 0.1) is 13.1 Å². The van der Waals surface area contributed by atoms with E-state index in [4.69, 9.17) is 18.9 Å². The van der Waals surface area contributed by atoms with Crippen molar-refractivity contribution in [2.75, 3.05) is 53.7 Å². The number of hydrogen-bond donors (Lipinski definition) is 1. The highest BCUT2D eigenvalue weighted by molar-refractivity contribution is 5.94. The minimum absolute atomic E-state index is 0.0362. The summed E-state index contributed by atoms with van der Waals surface area (Å²) in [6, 6.07) is 6.80. The second-order valence-corrected chi connectivity index (χ2v) is 6.21. The summed E-state index contributed by atoms with van der Waals surface area (Å²) in [6.07, 6.45) is 0. The molecule has 0 bridgehead atoms. The average molecular weight is 424 g/mol. The van der Waals surface area contributed by atoms with Crippen LogP contribution in [0.5, 0.6) is 0 Å². The molecule has 0 saturated heterocycles. The van der Waals surface area contributed by atoms with Crippen molar-refractivity contribution in [1.82, 2.24) is 10.2 Å². The molecule has 0 unspecified atom stereocenters. The van der Waals surface area contributed by atoms with E-state index < -0.39 is 11.9 Å². The molecular formula is C20H28N2O8. The maximum Gasteiger partial charge on any atom is 0.332 e. The number of esters is 2. The summed E-state index contributed by atoms with van der Waals surface area (Å²) in [7, 11) is 2.75. The molecule has 0 heterocycles. The van der Waals surface area contributed by atoms with Crippen LogP contribution in [0.1, 0.15) is 22.8 Å². The first-order valence-electron chi connectivity index (χ1n) is 9.29. The number of carbonyl (C=O) groups is 4. The molecule has 1 aromatic rings. The molecular weight excluding hydrogens is 396 g/mol. The van der Waals surface area contributed by atoms with Crippen molar-refractivity contribution < 1.29 is 38.1 Å². The van der Waals surface area contributed by atoms with E-state index in [2.05, 4.69) is 5.32 Å². The first-order valence-corrected chi connectivity index (χ1v) is 9.29. The van der Waals surface area contributed by atoms with Gasteiger partial charge < -0.3 is 29.2 Å². The van der Waals surface area contributed by atoms with Crippen LogP contribution in [0.2, 0.25) is 0 Å². The monoisotopic (exact) mass is 424 g/mol. The third-order valence-corrected chi connectivity index (χ3v) is 3.78. The molecule has 30 heavy (non-hydrogen) atoms. The van der Waals surface area contributed by atoms with Crippen molar-refractivity contribution >= 4 is 23.8 Å². The quantitative estimate of drug-likeness (QED) is 0.444. The van der Waals surface area contributed by atoms with Crippen LogP contribution in [-0.2, 0) is 39.9 Å². The van der Waals surface area contributed by atoms with Gasteiger partial charge in [0, 0.05) is 33.3 Å². The van der Waals surface area contributed by atoms with Gasteiger partial charge in [0.2, 0.25) is 5.91 Å². The van der Waals surface area contributed by atoms with Gasteiger partial charge >= 0.3 is 11.9 Å². The second-order valence-electron chi connectivity index (χ2n) is 6.21. The van der Waals surface area contributed by atoms with Crippen LogP contribution in [0.4, 0.5) is 0 Å². The van der Waals surface area contributed by atoms with Gasteiger partial charge in [-0.05, 0) is 17.7 Å². The lowest BCUT2D eigenvalue weighted by Crippen LogP contribution is -2.37. The van der Waals surface area contributed by atoms with Gasteiger partial charge in [0.1, 0.15) is 26.4 Å². The largest absolute Gasteiger partial charge is 0.462 e. The molecule has 10 nitrogen and oxygen atoms in total. The number of carbonyl (C=O) groups excluding carboxylic acids is 4. The molecule has 1 aromatic carbocycles. The fourth-order valence-corrected chi connectivity index (χ4v) is 2.40. The maximum atomic E-state index is 12.9. The van der Waals surface area contributed by atoms with Crippen LogP contribution < -0.4 is 5.32 Å². The van der Waals surface area contributed by atoms with Crippen molar-refractivity contribution in [3.05, 3.63) is 35.4 Å². The fourth-order valence-electron chi connectivity index (χ4n) is 2.40. The summed E-state index contributed by atoms with van der Waals surface area (Å²) in [5, 5.41) is 2.67. The molecule has 0 aliphatic heterocycles. The van der Waals surface area contributed by atoms with Gasteiger partial charge in [0.15, 0.2) is 0 Å². The van der Waals surface area contributed by atoms with Crippen LogP contribution in [-0.4, -0.2) is 82.4 Å². The van der Waals surface area contributed by atoms with Gasteiger partial charge in [0.25, 0.3) is 5.91 Å². The Balaban J connectivity index is 2.78. The van der Waals surface area contributed by atoms with E-state index in [0.717, 1.165) is 5.56 Å². The Labute approximate surface area is 175 Å². The molecule has 166 valence electrons. The van der Waals surface area contributed by atoms with Gasteiger partial charge in [-0.2, -0.15) is 0 Å².